The lowest BCUT2D eigenvalue weighted by atomic mass is 10.0. The summed E-state index contributed by atoms with van der Waals surface area (Å²) < 4.78 is 0.842. The van der Waals surface area contributed by atoms with E-state index in [9.17, 15) is 4.79 Å². The Labute approximate surface area is 206 Å². The van der Waals surface area contributed by atoms with E-state index in [-0.39, 0.29) is 12.1 Å². The van der Waals surface area contributed by atoms with E-state index in [0.29, 0.717) is 0 Å². The van der Waals surface area contributed by atoms with Crippen molar-refractivity contribution in [2.75, 3.05) is 19.6 Å². The van der Waals surface area contributed by atoms with E-state index in [0.717, 1.165) is 30.5 Å². The van der Waals surface area contributed by atoms with Crippen LogP contribution >= 0.6 is 0 Å². The highest BCUT2D eigenvalue weighted by Crippen LogP contribution is 2.23. The Hall–Kier alpha value is -1.16. The maximum atomic E-state index is 11.5. The van der Waals surface area contributed by atoms with Crippen LogP contribution in [0, 0.1) is 0 Å². The van der Waals surface area contributed by atoms with Crippen LogP contribution in [0.4, 0.5) is 0 Å². The fourth-order valence-corrected chi connectivity index (χ4v) is 5.26. The van der Waals surface area contributed by atoms with E-state index in [1.807, 2.05) is 0 Å². The maximum absolute atomic E-state index is 11.5. The molecule has 4 heteroatoms. The first-order chi connectivity index (χ1) is 16.1. The van der Waals surface area contributed by atoms with Gasteiger partial charge in [0.25, 0.3) is 0 Å². The van der Waals surface area contributed by atoms with Crippen molar-refractivity contribution in [1.82, 2.24) is 5.32 Å². The first-order valence-corrected chi connectivity index (χ1v) is 14.4. The Morgan fingerprint density at radius 3 is 1.91 bits per heavy atom. The number of carbonyl (C=O) groups excluding carboxylic acids is 1. The van der Waals surface area contributed by atoms with E-state index in [2.05, 4.69) is 38.2 Å². The molecule has 0 radical (unpaired) electrons. The van der Waals surface area contributed by atoms with Crippen molar-refractivity contribution >= 4 is 11.7 Å². The lowest BCUT2D eigenvalue weighted by Gasteiger charge is -2.39. The van der Waals surface area contributed by atoms with Crippen LogP contribution in [0.25, 0.3) is 0 Å². The molecular weight excluding hydrogens is 406 g/mol. The molecule has 2 atom stereocenters. The van der Waals surface area contributed by atoms with Gasteiger partial charge in [0.1, 0.15) is 6.54 Å². The molecule has 0 aromatic carbocycles. The van der Waals surface area contributed by atoms with Crippen molar-refractivity contribution in [2.45, 2.75) is 143 Å². The SMILES string of the molecule is CCCCCCCCCCCCCC/C=C/CCCCC1=NCC[N+]1(CC)C(C)NC(C)=O. The number of nitrogens with one attached hydrogen (secondary N) is 1. The quantitative estimate of drug-likeness (QED) is 0.105. The number of rotatable bonds is 21. The molecule has 1 aliphatic rings. The molecule has 0 aromatic rings. The maximum Gasteiger partial charge on any atom is 0.221 e. The highest BCUT2D eigenvalue weighted by Gasteiger charge is 2.41. The van der Waals surface area contributed by atoms with E-state index in [4.69, 9.17) is 4.99 Å². The van der Waals surface area contributed by atoms with Gasteiger partial charge in [-0.05, 0) is 39.0 Å². The van der Waals surface area contributed by atoms with Gasteiger partial charge in [0.15, 0.2) is 12.0 Å². The van der Waals surface area contributed by atoms with E-state index in [1.165, 1.54) is 109 Å². The highest BCUT2D eigenvalue weighted by molar-refractivity contribution is 5.78. The standard InChI is InChI=1S/C29H55N3O/c1-5-7-8-9-10-11-12-13-14-15-16-17-18-19-20-21-22-23-24-29-30-25-26-32(29,6-2)27(3)31-28(4)33/h19-20,27H,5-18,21-26H2,1-4H3/p+1/b20-19+. The van der Waals surface area contributed by atoms with E-state index in [1.54, 1.807) is 6.92 Å². The van der Waals surface area contributed by atoms with Crippen molar-refractivity contribution in [2.24, 2.45) is 4.99 Å². The monoisotopic (exact) mass is 462 g/mol. The molecule has 4 nitrogen and oxygen atoms in total. The van der Waals surface area contributed by atoms with Crippen LogP contribution in [-0.4, -0.2) is 42.0 Å². The van der Waals surface area contributed by atoms with Gasteiger partial charge in [-0.2, -0.15) is 0 Å². The van der Waals surface area contributed by atoms with Crippen LogP contribution in [0.2, 0.25) is 0 Å². The molecule has 192 valence electrons. The zero-order valence-corrected chi connectivity index (χ0v) is 22.7. The number of unbranched alkanes of at least 4 members (excludes halogenated alkanes) is 14. The average Bonchev–Trinajstić information content (AvgIpc) is 3.22. The van der Waals surface area contributed by atoms with Gasteiger partial charge in [-0.3, -0.25) is 9.28 Å². The molecule has 0 aromatic heterocycles. The van der Waals surface area contributed by atoms with Gasteiger partial charge in [0.05, 0.1) is 13.1 Å². The van der Waals surface area contributed by atoms with Crippen molar-refractivity contribution in [3.05, 3.63) is 12.2 Å². The zero-order chi connectivity index (χ0) is 24.2. The van der Waals surface area contributed by atoms with Crippen LogP contribution in [0.3, 0.4) is 0 Å². The molecular formula is C29H56N3O+. The first kappa shape index (κ1) is 29.9. The summed E-state index contributed by atoms with van der Waals surface area (Å²) in [5.41, 5.74) is 0. The number of amides is 1. The largest absolute Gasteiger partial charge is 0.307 e. The molecule has 33 heavy (non-hydrogen) atoms. The number of nitrogens with zero attached hydrogens (tertiary/aromatic N) is 2. The minimum absolute atomic E-state index is 0.0537. The van der Waals surface area contributed by atoms with Crippen LogP contribution < -0.4 is 5.32 Å². The van der Waals surface area contributed by atoms with Gasteiger partial charge in [-0.15, -0.1) is 0 Å². The summed E-state index contributed by atoms with van der Waals surface area (Å²) in [4.78, 5) is 16.4. The number of aliphatic imine (C=N–C) groups is 1. The third-order valence-corrected chi connectivity index (χ3v) is 7.44. The van der Waals surface area contributed by atoms with Crippen LogP contribution in [-0.2, 0) is 4.79 Å². The first-order valence-electron chi connectivity index (χ1n) is 14.4. The molecule has 0 fully saturated rings. The second kappa shape index (κ2) is 19.2. The Morgan fingerprint density at radius 1 is 0.879 bits per heavy atom. The topological polar surface area (TPSA) is 41.5 Å². The summed E-state index contributed by atoms with van der Waals surface area (Å²) in [5.74, 6) is 1.34. The van der Waals surface area contributed by atoms with Gasteiger partial charge in [-0.25, -0.2) is 4.99 Å². The Kier molecular flexibility index (Phi) is 17.4. The van der Waals surface area contributed by atoms with Crippen molar-refractivity contribution in [3.8, 4) is 0 Å². The molecule has 1 heterocycles. The van der Waals surface area contributed by atoms with Crippen molar-refractivity contribution < 1.29 is 9.28 Å². The Balaban J connectivity index is 2.00. The molecule has 2 unspecified atom stereocenters. The summed E-state index contributed by atoms with van der Waals surface area (Å²) in [5, 5.41) is 3.11. The van der Waals surface area contributed by atoms with E-state index < -0.39 is 0 Å². The second-order valence-corrected chi connectivity index (χ2v) is 10.1. The number of amidine groups is 1. The summed E-state index contributed by atoms with van der Waals surface area (Å²) in [6.45, 7) is 11.2. The number of hydrogen-bond acceptors (Lipinski definition) is 2. The molecule has 1 amide bonds. The number of carbonyl (C=O) groups is 1. The summed E-state index contributed by atoms with van der Waals surface area (Å²) in [6, 6.07) is 0. The summed E-state index contributed by atoms with van der Waals surface area (Å²) >= 11 is 0. The third kappa shape index (κ3) is 12.8. The van der Waals surface area contributed by atoms with E-state index >= 15 is 0 Å². The van der Waals surface area contributed by atoms with Crippen molar-refractivity contribution in [3.63, 3.8) is 0 Å². The van der Waals surface area contributed by atoms with Gasteiger partial charge in [0.2, 0.25) is 5.91 Å². The fraction of sp³-hybridized carbons (Fsp3) is 0.862. The normalized spacial score (nSPS) is 19.2. The average molecular weight is 463 g/mol. The minimum atomic E-state index is 0.0537. The molecule has 0 aliphatic carbocycles. The van der Waals surface area contributed by atoms with Crippen LogP contribution in [0.5, 0.6) is 0 Å². The third-order valence-electron chi connectivity index (χ3n) is 7.44. The second-order valence-electron chi connectivity index (χ2n) is 10.1. The number of allylic oxidation sites excluding steroid dienone is 2. The Bertz CT molecular complexity index is 557. The lowest BCUT2D eigenvalue weighted by molar-refractivity contribution is -0.861. The van der Waals surface area contributed by atoms with Gasteiger partial charge >= 0.3 is 0 Å². The van der Waals surface area contributed by atoms with Crippen molar-refractivity contribution in [1.29, 1.82) is 0 Å². The Morgan fingerprint density at radius 2 is 1.39 bits per heavy atom. The lowest BCUT2D eigenvalue weighted by Crippen LogP contribution is -2.62. The molecule has 1 aliphatic heterocycles. The molecule has 0 saturated heterocycles. The molecule has 0 saturated carbocycles. The smallest absolute Gasteiger partial charge is 0.221 e. The van der Waals surface area contributed by atoms with Gasteiger partial charge in [0, 0.05) is 20.3 Å². The number of likely N-dealkylation sites (N-methyl/N-ethyl adjacent to an activating group) is 1. The van der Waals surface area contributed by atoms with Crippen LogP contribution in [0.1, 0.15) is 137 Å². The number of quaternary nitrogens is 1. The predicted octanol–water partition coefficient (Wildman–Crippen LogP) is 7.93. The fourth-order valence-electron chi connectivity index (χ4n) is 5.26. The molecule has 0 spiro atoms. The summed E-state index contributed by atoms with van der Waals surface area (Å²) in [6.07, 6.45) is 27.8. The molecule has 1 rings (SSSR count). The molecule has 1 N–H and O–H groups in total. The minimum Gasteiger partial charge on any atom is -0.307 e. The van der Waals surface area contributed by atoms with Crippen LogP contribution in [0.15, 0.2) is 17.1 Å². The van der Waals surface area contributed by atoms with Gasteiger partial charge in [-0.1, -0.05) is 89.7 Å². The molecule has 0 bridgehead atoms. The summed E-state index contributed by atoms with van der Waals surface area (Å²) in [7, 11) is 0. The number of hydrogen-bond donors (Lipinski definition) is 1. The van der Waals surface area contributed by atoms with Gasteiger partial charge < -0.3 is 5.32 Å². The highest BCUT2D eigenvalue weighted by atomic mass is 16.1. The zero-order valence-electron chi connectivity index (χ0n) is 22.7. The predicted molar refractivity (Wildman–Crippen MR) is 145 cm³/mol.